The van der Waals surface area contributed by atoms with Gasteiger partial charge in [-0.3, -0.25) is 9.89 Å². The molecule has 0 atom stereocenters. The van der Waals surface area contributed by atoms with Crippen molar-refractivity contribution in [2.24, 2.45) is 5.41 Å². The molecule has 0 fully saturated rings. The van der Waals surface area contributed by atoms with Gasteiger partial charge in [0.2, 0.25) is 5.91 Å². The lowest BCUT2D eigenvalue weighted by atomic mass is 9.92. The SMILES string of the molecule is CNC(=O)C(C)(C)CNCc1cn[nH]c1-c1ccccc1. The van der Waals surface area contributed by atoms with E-state index in [2.05, 4.69) is 20.8 Å². The van der Waals surface area contributed by atoms with Crippen LogP contribution in [-0.2, 0) is 11.3 Å². The largest absolute Gasteiger partial charge is 0.359 e. The normalized spacial score (nSPS) is 11.4. The first kappa shape index (κ1) is 15.3. The minimum atomic E-state index is -0.439. The van der Waals surface area contributed by atoms with E-state index in [0.29, 0.717) is 13.1 Å². The van der Waals surface area contributed by atoms with Crippen molar-refractivity contribution in [1.29, 1.82) is 0 Å². The molecule has 0 bridgehead atoms. The Bertz CT molecular complexity index is 589. The molecule has 5 heteroatoms. The van der Waals surface area contributed by atoms with Crippen molar-refractivity contribution < 1.29 is 4.79 Å². The van der Waals surface area contributed by atoms with Gasteiger partial charge in [0.1, 0.15) is 0 Å². The monoisotopic (exact) mass is 286 g/mol. The second-order valence-electron chi connectivity index (χ2n) is 5.70. The number of aromatic amines is 1. The zero-order valence-electron chi connectivity index (χ0n) is 12.7. The molecule has 0 aliphatic rings. The Morgan fingerprint density at radius 2 is 2.00 bits per heavy atom. The van der Waals surface area contributed by atoms with Crippen molar-refractivity contribution in [3.63, 3.8) is 0 Å². The minimum absolute atomic E-state index is 0.0328. The molecule has 0 saturated heterocycles. The number of nitrogens with zero attached hydrogens (tertiary/aromatic N) is 1. The van der Waals surface area contributed by atoms with E-state index in [1.54, 1.807) is 7.05 Å². The molecular formula is C16H22N4O. The van der Waals surface area contributed by atoms with Crippen LogP contribution in [0.15, 0.2) is 36.5 Å². The summed E-state index contributed by atoms with van der Waals surface area (Å²) in [7, 11) is 1.66. The maximum Gasteiger partial charge on any atom is 0.226 e. The lowest BCUT2D eigenvalue weighted by molar-refractivity contribution is -0.128. The number of aromatic nitrogens is 2. The number of amides is 1. The van der Waals surface area contributed by atoms with Crippen LogP contribution in [0.25, 0.3) is 11.3 Å². The van der Waals surface area contributed by atoms with Crippen LogP contribution in [0, 0.1) is 5.41 Å². The van der Waals surface area contributed by atoms with Gasteiger partial charge in [-0.2, -0.15) is 5.10 Å². The van der Waals surface area contributed by atoms with E-state index in [-0.39, 0.29) is 5.91 Å². The maximum atomic E-state index is 11.7. The number of rotatable bonds is 6. The Balaban J connectivity index is 2.00. The number of hydrogen-bond acceptors (Lipinski definition) is 3. The third-order valence-corrected chi connectivity index (χ3v) is 3.50. The third kappa shape index (κ3) is 3.70. The zero-order valence-corrected chi connectivity index (χ0v) is 12.7. The number of H-pyrrole nitrogens is 1. The molecule has 2 aromatic rings. The van der Waals surface area contributed by atoms with Gasteiger partial charge in [0.05, 0.1) is 17.3 Å². The fourth-order valence-electron chi connectivity index (χ4n) is 2.23. The van der Waals surface area contributed by atoms with Crippen LogP contribution in [0.4, 0.5) is 0 Å². The molecule has 1 aromatic heterocycles. The Hall–Kier alpha value is -2.14. The van der Waals surface area contributed by atoms with E-state index >= 15 is 0 Å². The van der Waals surface area contributed by atoms with Gasteiger partial charge in [-0.05, 0) is 19.4 Å². The quantitative estimate of drug-likeness (QED) is 0.760. The van der Waals surface area contributed by atoms with Gasteiger partial charge in [-0.25, -0.2) is 0 Å². The summed E-state index contributed by atoms with van der Waals surface area (Å²) in [5.74, 6) is 0.0328. The Labute approximate surface area is 125 Å². The van der Waals surface area contributed by atoms with Gasteiger partial charge in [0, 0.05) is 25.7 Å². The number of hydrogen-bond donors (Lipinski definition) is 3. The van der Waals surface area contributed by atoms with Gasteiger partial charge in [0.15, 0.2) is 0 Å². The van der Waals surface area contributed by atoms with E-state index in [0.717, 1.165) is 16.8 Å². The standard InChI is InChI=1S/C16H22N4O/c1-16(2,15(21)17-3)11-18-9-13-10-19-20-14(13)12-7-5-4-6-8-12/h4-8,10,18H,9,11H2,1-3H3,(H,17,21)(H,19,20). The summed E-state index contributed by atoms with van der Waals surface area (Å²) in [5, 5.41) is 13.2. The minimum Gasteiger partial charge on any atom is -0.359 e. The van der Waals surface area contributed by atoms with Crippen LogP contribution >= 0.6 is 0 Å². The number of carbonyl (C=O) groups excluding carboxylic acids is 1. The van der Waals surface area contributed by atoms with E-state index in [4.69, 9.17) is 0 Å². The van der Waals surface area contributed by atoms with Crippen LogP contribution < -0.4 is 10.6 Å². The summed E-state index contributed by atoms with van der Waals surface area (Å²) in [6, 6.07) is 10.1. The number of nitrogens with one attached hydrogen (secondary N) is 3. The van der Waals surface area contributed by atoms with Crippen molar-refractivity contribution >= 4 is 5.91 Å². The highest BCUT2D eigenvalue weighted by Gasteiger charge is 2.25. The summed E-state index contributed by atoms with van der Waals surface area (Å²) in [6.07, 6.45) is 1.82. The lowest BCUT2D eigenvalue weighted by Gasteiger charge is -2.22. The molecule has 2 rings (SSSR count). The average Bonchev–Trinajstić information content (AvgIpc) is 2.95. The highest BCUT2D eigenvalue weighted by atomic mass is 16.2. The summed E-state index contributed by atoms with van der Waals surface area (Å²) in [6.45, 7) is 5.12. The summed E-state index contributed by atoms with van der Waals surface area (Å²) < 4.78 is 0. The van der Waals surface area contributed by atoms with Crippen molar-refractivity contribution in [3.8, 4) is 11.3 Å². The van der Waals surface area contributed by atoms with Crippen molar-refractivity contribution in [2.75, 3.05) is 13.6 Å². The van der Waals surface area contributed by atoms with Gasteiger partial charge >= 0.3 is 0 Å². The van der Waals surface area contributed by atoms with E-state index < -0.39 is 5.41 Å². The topological polar surface area (TPSA) is 69.8 Å². The molecule has 0 radical (unpaired) electrons. The van der Waals surface area contributed by atoms with Crippen LogP contribution in [0.2, 0.25) is 0 Å². The lowest BCUT2D eigenvalue weighted by Crippen LogP contribution is -2.41. The summed E-state index contributed by atoms with van der Waals surface area (Å²) >= 11 is 0. The first-order valence-corrected chi connectivity index (χ1v) is 7.05. The molecule has 21 heavy (non-hydrogen) atoms. The Morgan fingerprint density at radius 3 is 2.67 bits per heavy atom. The molecule has 0 aliphatic heterocycles. The highest BCUT2D eigenvalue weighted by Crippen LogP contribution is 2.21. The third-order valence-electron chi connectivity index (χ3n) is 3.50. The molecule has 3 N–H and O–H groups in total. The Kier molecular flexibility index (Phi) is 4.75. The fourth-order valence-corrected chi connectivity index (χ4v) is 2.23. The molecular weight excluding hydrogens is 264 g/mol. The van der Waals surface area contributed by atoms with Crippen LogP contribution in [-0.4, -0.2) is 29.7 Å². The molecule has 1 aromatic carbocycles. The van der Waals surface area contributed by atoms with Crippen molar-refractivity contribution in [1.82, 2.24) is 20.8 Å². The van der Waals surface area contributed by atoms with Gasteiger partial charge in [-0.1, -0.05) is 30.3 Å². The smallest absolute Gasteiger partial charge is 0.226 e. The molecule has 1 amide bonds. The van der Waals surface area contributed by atoms with Gasteiger partial charge in [-0.15, -0.1) is 0 Å². The molecule has 112 valence electrons. The van der Waals surface area contributed by atoms with Gasteiger partial charge < -0.3 is 10.6 Å². The Morgan fingerprint density at radius 1 is 1.29 bits per heavy atom. The molecule has 0 aliphatic carbocycles. The van der Waals surface area contributed by atoms with Crippen molar-refractivity contribution in [2.45, 2.75) is 20.4 Å². The van der Waals surface area contributed by atoms with Crippen molar-refractivity contribution in [3.05, 3.63) is 42.1 Å². The van der Waals surface area contributed by atoms with E-state index in [1.807, 2.05) is 50.4 Å². The molecule has 0 unspecified atom stereocenters. The van der Waals surface area contributed by atoms with Gasteiger partial charge in [0.25, 0.3) is 0 Å². The van der Waals surface area contributed by atoms with Crippen LogP contribution in [0.3, 0.4) is 0 Å². The average molecular weight is 286 g/mol. The summed E-state index contributed by atoms with van der Waals surface area (Å²) in [4.78, 5) is 11.7. The van der Waals surface area contributed by atoms with Crippen LogP contribution in [0.1, 0.15) is 19.4 Å². The first-order chi connectivity index (χ1) is 10.0. The van der Waals surface area contributed by atoms with E-state index in [9.17, 15) is 4.79 Å². The first-order valence-electron chi connectivity index (χ1n) is 7.05. The molecule has 5 nitrogen and oxygen atoms in total. The number of carbonyl (C=O) groups is 1. The predicted molar refractivity (Wildman–Crippen MR) is 83.6 cm³/mol. The highest BCUT2D eigenvalue weighted by molar-refractivity contribution is 5.81. The summed E-state index contributed by atoms with van der Waals surface area (Å²) in [5.41, 5.74) is 2.78. The number of benzene rings is 1. The molecule has 1 heterocycles. The second kappa shape index (κ2) is 6.54. The molecule has 0 spiro atoms. The molecule has 0 saturated carbocycles. The zero-order chi connectivity index (χ0) is 15.3. The van der Waals surface area contributed by atoms with Crippen LogP contribution in [0.5, 0.6) is 0 Å². The van der Waals surface area contributed by atoms with E-state index in [1.165, 1.54) is 0 Å². The predicted octanol–water partition coefficient (Wildman–Crippen LogP) is 1.94. The fraction of sp³-hybridized carbons (Fsp3) is 0.375. The maximum absolute atomic E-state index is 11.7. The second-order valence-corrected chi connectivity index (χ2v) is 5.70.